The normalized spacial score (nSPS) is 13.8. The first kappa shape index (κ1) is 14.1. The summed E-state index contributed by atoms with van der Waals surface area (Å²) in [4.78, 5) is 25.5. The van der Waals surface area contributed by atoms with E-state index in [1.54, 1.807) is 18.2 Å². The second-order valence-corrected chi connectivity index (χ2v) is 5.76. The van der Waals surface area contributed by atoms with Crippen LogP contribution in [-0.4, -0.2) is 16.7 Å². The fraction of sp³-hybridized carbons (Fsp3) is 0.0667. The number of nitrogens with zero attached hydrogens (tertiary/aromatic N) is 1. The summed E-state index contributed by atoms with van der Waals surface area (Å²) in [5.74, 6) is -2.39. The van der Waals surface area contributed by atoms with Crippen molar-refractivity contribution in [3.63, 3.8) is 0 Å². The molecule has 0 N–H and O–H groups in total. The summed E-state index contributed by atoms with van der Waals surface area (Å²) < 4.78 is 27.2. The largest absolute Gasteiger partial charge is 0.270 e. The SMILES string of the molecule is O=C1c2cccc(I)c2C(=O)N1Cc1ccc(F)cc1F. The van der Waals surface area contributed by atoms with Crippen molar-refractivity contribution >= 4 is 34.4 Å². The minimum absolute atomic E-state index is 0.0981. The maximum absolute atomic E-state index is 13.7. The van der Waals surface area contributed by atoms with Gasteiger partial charge in [-0.3, -0.25) is 14.5 Å². The lowest BCUT2D eigenvalue weighted by Gasteiger charge is -2.14. The van der Waals surface area contributed by atoms with Crippen LogP contribution in [0, 0.1) is 15.2 Å². The molecule has 0 radical (unpaired) electrons. The van der Waals surface area contributed by atoms with Gasteiger partial charge < -0.3 is 0 Å². The van der Waals surface area contributed by atoms with Crippen LogP contribution in [0.15, 0.2) is 36.4 Å². The molecule has 0 fully saturated rings. The van der Waals surface area contributed by atoms with Gasteiger partial charge in [-0.15, -0.1) is 0 Å². The van der Waals surface area contributed by atoms with Crippen molar-refractivity contribution in [1.82, 2.24) is 4.90 Å². The summed E-state index contributed by atoms with van der Waals surface area (Å²) in [6.45, 7) is -0.214. The smallest absolute Gasteiger partial charge is 0.262 e. The van der Waals surface area contributed by atoms with E-state index in [4.69, 9.17) is 0 Å². The minimum Gasteiger partial charge on any atom is -0.270 e. The van der Waals surface area contributed by atoms with Crippen LogP contribution in [0.1, 0.15) is 26.3 Å². The number of imide groups is 1. The lowest BCUT2D eigenvalue weighted by atomic mass is 10.1. The van der Waals surface area contributed by atoms with Crippen LogP contribution in [0.2, 0.25) is 0 Å². The van der Waals surface area contributed by atoms with Crippen molar-refractivity contribution in [3.8, 4) is 0 Å². The quantitative estimate of drug-likeness (QED) is 0.574. The zero-order valence-corrected chi connectivity index (χ0v) is 12.7. The molecule has 0 aromatic heterocycles. The third-order valence-electron chi connectivity index (χ3n) is 3.29. The molecule has 0 aliphatic carbocycles. The van der Waals surface area contributed by atoms with Gasteiger partial charge in [-0.1, -0.05) is 12.1 Å². The highest BCUT2D eigenvalue weighted by Crippen LogP contribution is 2.28. The monoisotopic (exact) mass is 399 g/mol. The summed E-state index contributed by atoms with van der Waals surface area (Å²) in [7, 11) is 0. The van der Waals surface area contributed by atoms with Crippen LogP contribution in [0.4, 0.5) is 8.78 Å². The van der Waals surface area contributed by atoms with Crippen molar-refractivity contribution in [2.45, 2.75) is 6.54 Å². The molecule has 21 heavy (non-hydrogen) atoms. The standard InChI is InChI=1S/C15H8F2INO2/c16-9-5-4-8(11(17)6-9)7-19-14(20)10-2-1-3-12(18)13(10)15(19)21/h1-6H,7H2. The zero-order chi connectivity index (χ0) is 15.1. The van der Waals surface area contributed by atoms with E-state index in [2.05, 4.69) is 0 Å². The molecule has 0 bridgehead atoms. The summed E-state index contributed by atoms with van der Waals surface area (Å²) in [5, 5.41) is 0. The highest BCUT2D eigenvalue weighted by molar-refractivity contribution is 14.1. The number of amides is 2. The van der Waals surface area contributed by atoms with Gasteiger partial charge in [-0.25, -0.2) is 8.78 Å². The Morgan fingerprint density at radius 2 is 1.81 bits per heavy atom. The average Bonchev–Trinajstić information content (AvgIpc) is 2.68. The zero-order valence-electron chi connectivity index (χ0n) is 10.6. The maximum atomic E-state index is 13.7. The minimum atomic E-state index is -0.777. The number of halogens is 3. The molecule has 6 heteroatoms. The molecule has 3 nitrogen and oxygen atoms in total. The second kappa shape index (κ2) is 5.18. The highest BCUT2D eigenvalue weighted by Gasteiger charge is 2.37. The number of benzene rings is 2. The molecule has 0 saturated heterocycles. The van der Waals surface area contributed by atoms with E-state index in [1.165, 1.54) is 6.07 Å². The molecule has 2 amide bonds. The number of hydrogen-bond acceptors (Lipinski definition) is 2. The fourth-order valence-corrected chi connectivity index (χ4v) is 2.99. The van der Waals surface area contributed by atoms with E-state index >= 15 is 0 Å². The van der Waals surface area contributed by atoms with E-state index in [0.717, 1.165) is 17.0 Å². The summed E-state index contributed by atoms with van der Waals surface area (Å²) in [6.07, 6.45) is 0. The van der Waals surface area contributed by atoms with Gasteiger partial charge in [-0.2, -0.15) is 0 Å². The number of rotatable bonds is 2. The first-order valence-electron chi connectivity index (χ1n) is 6.07. The van der Waals surface area contributed by atoms with E-state index < -0.39 is 23.4 Å². The van der Waals surface area contributed by atoms with Crippen LogP contribution in [0.25, 0.3) is 0 Å². The third-order valence-corrected chi connectivity index (χ3v) is 4.19. The molecule has 0 spiro atoms. The van der Waals surface area contributed by atoms with E-state index in [9.17, 15) is 18.4 Å². The van der Waals surface area contributed by atoms with E-state index in [1.807, 2.05) is 22.6 Å². The van der Waals surface area contributed by atoms with Gasteiger partial charge in [0.1, 0.15) is 11.6 Å². The Morgan fingerprint density at radius 3 is 2.48 bits per heavy atom. The van der Waals surface area contributed by atoms with Crippen LogP contribution < -0.4 is 0 Å². The molecular formula is C15H8F2INO2. The van der Waals surface area contributed by atoms with Gasteiger partial charge in [0, 0.05) is 15.2 Å². The lowest BCUT2D eigenvalue weighted by Crippen LogP contribution is -2.29. The van der Waals surface area contributed by atoms with Crippen molar-refractivity contribution in [2.24, 2.45) is 0 Å². The molecular weight excluding hydrogens is 391 g/mol. The van der Waals surface area contributed by atoms with Gasteiger partial charge in [0.15, 0.2) is 0 Å². The molecule has 1 heterocycles. The Labute approximate surface area is 132 Å². The van der Waals surface area contributed by atoms with Crippen molar-refractivity contribution in [3.05, 3.63) is 68.3 Å². The molecule has 106 valence electrons. The maximum Gasteiger partial charge on any atom is 0.262 e. The van der Waals surface area contributed by atoms with Gasteiger partial charge in [0.25, 0.3) is 11.8 Å². The Bertz CT molecular complexity index is 776. The van der Waals surface area contributed by atoms with Crippen LogP contribution in [0.5, 0.6) is 0 Å². The average molecular weight is 399 g/mol. The van der Waals surface area contributed by atoms with Crippen LogP contribution in [0.3, 0.4) is 0 Å². The predicted molar refractivity (Wildman–Crippen MR) is 79.7 cm³/mol. The first-order chi connectivity index (χ1) is 9.99. The van der Waals surface area contributed by atoms with Crippen molar-refractivity contribution in [1.29, 1.82) is 0 Å². The van der Waals surface area contributed by atoms with Crippen LogP contribution in [-0.2, 0) is 6.54 Å². The number of hydrogen-bond donors (Lipinski definition) is 0. The molecule has 0 unspecified atom stereocenters. The Morgan fingerprint density at radius 1 is 1.05 bits per heavy atom. The fourth-order valence-electron chi connectivity index (χ4n) is 2.26. The molecule has 1 aliphatic heterocycles. The van der Waals surface area contributed by atoms with Gasteiger partial charge in [-0.05, 0) is 40.8 Å². The molecule has 1 aliphatic rings. The van der Waals surface area contributed by atoms with Gasteiger partial charge in [0.05, 0.1) is 17.7 Å². The molecule has 0 saturated carbocycles. The first-order valence-corrected chi connectivity index (χ1v) is 7.15. The number of carbonyl (C=O) groups is 2. The predicted octanol–water partition coefficient (Wildman–Crippen LogP) is 3.37. The Kier molecular flexibility index (Phi) is 3.48. The Balaban J connectivity index is 1.97. The van der Waals surface area contributed by atoms with Crippen molar-refractivity contribution in [2.75, 3.05) is 0 Å². The summed E-state index contributed by atoms with van der Waals surface area (Å²) in [5.41, 5.74) is 0.751. The van der Waals surface area contributed by atoms with Gasteiger partial charge >= 0.3 is 0 Å². The number of fused-ring (bicyclic) bond motifs is 1. The molecule has 3 rings (SSSR count). The van der Waals surface area contributed by atoms with E-state index in [0.29, 0.717) is 14.7 Å². The Hall–Kier alpha value is -1.83. The third kappa shape index (κ3) is 2.33. The molecule has 2 aromatic carbocycles. The van der Waals surface area contributed by atoms with Crippen molar-refractivity contribution < 1.29 is 18.4 Å². The topological polar surface area (TPSA) is 37.4 Å². The summed E-state index contributed by atoms with van der Waals surface area (Å²) in [6, 6.07) is 8.05. The lowest BCUT2D eigenvalue weighted by molar-refractivity contribution is 0.0640. The summed E-state index contributed by atoms with van der Waals surface area (Å²) >= 11 is 1.98. The van der Waals surface area contributed by atoms with E-state index in [-0.39, 0.29) is 12.1 Å². The number of carbonyl (C=O) groups excluding carboxylic acids is 2. The molecule has 2 aromatic rings. The van der Waals surface area contributed by atoms with Crippen LogP contribution >= 0.6 is 22.6 Å². The van der Waals surface area contributed by atoms with Gasteiger partial charge in [0.2, 0.25) is 0 Å². The molecule has 0 atom stereocenters. The highest BCUT2D eigenvalue weighted by atomic mass is 127. The second-order valence-electron chi connectivity index (χ2n) is 4.59.